The van der Waals surface area contributed by atoms with Crippen molar-refractivity contribution in [2.45, 2.75) is 13.5 Å². The predicted octanol–water partition coefficient (Wildman–Crippen LogP) is 5.16. The van der Waals surface area contributed by atoms with Crippen molar-refractivity contribution in [1.29, 1.82) is 0 Å². The lowest BCUT2D eigenvalue weighted by Gasteiger charge is -2.13. The quantitative estimate of drug-likeness (QED) is 0.743. The van der Waals surface area contributed by atoms with Gasteiger partial charge < -0.3 is 5.32 Å². The lowest BCUT2D eigenvalue weighted by molar-refractivity contribution is 0.584. The van der Waals surface area contributed by atoms with Crippen molar-refractivity contribution in [2.24, 2.45) is 0 Å². The van der Waals surface area contributed by atoms with Gasteiger partial charge in [0.1, 0.15) is 11.6 Å². The van der Waals surface area contributed by atoms with Crippen molar-refractivity contribution in [1.82, 2.24) is 5.32 Å². The molecule has 1 N–H and O–H groups in total. The Morgan fingerprint density at radius 2 is 1.95 bits per heavy atom. The highest BCUT2D eigenvalue weighted by atomic mass is 79.9. The van der Waals surface area contributed by atoms with E-state index in [1.807, 2.05) is 6.92 Å². The van der Waals surface area contributed by atoms with E-state index in [9.17, 15) is 8.78 Å². The Balaban J connectivity index is 2.62. The van der Waals surface area contributed by atoms with Crippen molar-refractivity contribution < 1.29 is 8.78 Å². The van der Waals surface area contributed by atoms with E-state index >= 15 is 0 Å². The zero-order valence-corrected chi connectivity index (χ0v) is 13.2. The summed E-state index contributed by atoms with van der Waals surface area (Å²) in [5.74, 6) is -1.23. The number of hydrogen-bond acceptors (Lipinski definition) is 1. The van der Waals surface area contributed by atoms with E-state index < -0.39 is 11.6 Å². The van der Waals surface area contributed by atoms with Crippen LogP contribution in [0.15, 0.2) is 34.8 Å². The molecule has 2 aromatic rings. The highest BCUT2D eigenvalue weighted by molar-refractivity contribution is 9.10. The molecule has 0 bridgehead atoms. The molecule has 0 heterocycles. The van der Waals surface area contributed by atoms with Gasteiger partial charge in [-0.1, -0.05) is 24.6 Å². The van der Waals surface area contributed by atoms with E-state index in [2.05, 4.69) is 21.2 Å². The van der Waals surface area contributed by atoms with E-state index in [4.69, 9.17) is 11.6 Å². The molecular weight excluding hydrogens is 348 g/mol. The van der Waals surface area contributed by atoms with Crippen LogP contribution in [0.2, 0.25) is 5.02 Å². The van der Waals surface area contributed by atoms with Gasteiger partial charge in [-0.05, 0) is 57.9 Å². The van der Waals surface area contributed by atoms with Crippen LogP contribution in [-0.2, 0) is 6.54 Å². The molecule has 0 saturated heterocycles. The molecule has 0 aliphatic heterocycles. The molecule has 0 amide bonds. The second-order valence-electron chi connectivity index (χ2n) is 4.30. The summed E-state index contributed by atoms with van der Waals surface area (Å²) in [4.78, 5) is 0. The zero-order chi connectivity index (χ0) is 14.7. The van der Waals surface area contributed by atoms with Gasteiger partial charge in [0.2, 0.25) is 0 Å². The van der Waals surface area contributed by atoms with Gasteiger partial charge in [-0.2, -0.15) is 0 Å². The minimum Gasteiger partial charge on any atom is -0.313 e. The molecule has 0 aliphatic carbocycles. The molecule has 1 nitrogen and oxygen atoms in total. The Hall–Kier alpha value is -0.970. The monoisotopic (exact) mass is 359 g/mol. The van der Waals surface area contributed by atoms with Gasteiger partial charge >= 0.3 is 0 Å². The summed E-state index contributed by atoms with van der Waals surface area (Å²) < 4.78 is 28.5. The molecule has 0 radical (unpaired) electrons. The van der Waals surface area contributed by atoms with Crippen LogP contribution in [0.3, 0.4) is 0 Å². The van der Waals surface area contributed by atoms with Gasteiger partial charge in [-0.15, -0.1) is 0 Å². The van der Waals surface area contributed by atoms with Crippen molar-refractivity contribution in [2.75, 3.05) is 6.54 Å². The molecule has 0 atom stereocenters. The summed E-state index contributed by atoms with van der Waals surface area (Å²) in [6, 6.07) is 7.66. The molecular formula is C15H13BrClF2N. The van der Waals surface area contributed by atoms with Gasteiger partial charge in [0, 0.05) is 11.6 Å². The summed E-state index contributed by atoms with van der Waals surface area (Å²) in [7, 11) is 0. The highest BCUT2D eigenvalue weighted by Crippen LogP contribution is 2.34. The fourth-order valence-corrected chi connectivity index (χ4v) is 2.47. The summed E-state index contributed by atoms with van der Waals surface area (Å²) >= 11 is 9.05. The van der Waals surface area contributed by atoms with Crippen LogP contribution in [-0.4, -0.2) is 6.54 Å². The summed E-state index contributed by atoms with van der Waals surface area (Å²) in [6.45, 7) is 3.26. The molecule has 0 saturated carbocycles. The molecule has 106 valence electrons. The number of nitrogens with one attached hydrogen (secondary N) is 1. The molecule has 0 aliphatic rings. The maximum absolute atomic E-state index is 14.2. The fourth-order valence-electron chi connectivity index (χ4n) is 1.97. The first-order valence-corrected chi connectivity index (χ1v) is 7.34. The maximum atomic E-state index is 14.2. The molecule has 2 aromatic carbocycles. The van der Waals surface area contributed by atoms with E-state index in [0.29, 0.717) is 17.1 Å². The van der Waals surface area contributed by atoms with Gasteiger partial charge in [0.15, 0.2) is 0 Å². The lowest BCUT2D eigenvalue weighted by Crippen LogP contribution is -2.12. The summed E-state index contributed by atoms with van der Waals surface area (Å²) in [5, 5.41) is 3.59. The normalized spacial score (nSPS) is 10.8. The highest BCUT2D eigenvalue weighted by Gasteiger charge is 2.17. The molecule has 0 aromatic heterocycles. The Kier molecular flexibility index (Phi) is 5.13. The SMILES string of the molecule is CCNCc1ccc(Cl)cc1-c1c(F)ccc(Br)c1F. The zero-order valence-electron chi connectivity index (χ0n) is 10.8. The smallest absolute Gasteiger partial charge is 0.148 e. The van der Waals surface area contributed by atoms with Crippen LogP contribution in [0, 0.1) is 11.6 Å². The van der Waals surface area contributed by atoms with E-state index in [0.717, 1.165) is 12.1 Å². The van der Waals surface area contributed by atoms with Crippen LogP contribution < -0.4 is 5.32 Å². The Bertz CT molecular complexity index is 632. The second kappa shape index (κ2) is 6.66. The van der Waals surface area contributed by atoms with Crippen molar-refractivity contribution in [3.8, 4) is 11.1 Å². The number of hydrogen-bond donors (Lipinski definition) is 1. The van der Waals surface area contributed by atoms with Gasteiger partial charge in [0.05, 0.1) is 10.0 Å². The van der Waals surface area contributed by atoms with Gasteiger partial charge in [-0.25, -0.2) is 8.78 Å². The number of benzene rings is 2. The maximum Gasteiger partial charge on any atom is 0.148 e. The first-order chi connectivity index (χ1) is 9.54. The fraction of sp³-hybridized carbons (Fsp3) is 0.200. The minimum absolute atomic E-state index is 0.0604. The topological polar surface area (TPSA) is 12.0 Å². The largest absolute Gasteiger partial charge is 0.313 e. The van der Waals surface area contributed by atoms with Crippen molar-refractivity contribution in [3.05, 3.63) is 57.0 Å². The first-order valence-electron chi connectivity index (χ1n) is 6.17. The molecule has 0 spiro atoms. The molecule has 0 unspecified atom stereocenters. The second-order valence-corrected chi connectivity index (χ2v) is 5.59. The molecule has 0 fully saturated rings. The minimum atomic E-state index is -0.620. The lowest BCUT2D eigenvalue weighted by atomic mass is 9.98. The van der Waals surface area contributed by atoms with E-state index in [-0.39, 0.29) is 10.0 Å². The van der Waals surface area contributed by atoms with Crippen LogP contribution in [0.1, 0.15) is 12.5 Å². The summed E-state index contributed by atoms with van der Waals surface area (Å²) in [6.07, 6.45) is 0. The van der Waals surface area contributed by atoms with Crippen LogP contribution >= 0.6 is 27.5 Å². The third-order valence-electron chi connectivity index (χ3n) is 2.95. The average molecular weight is 361 g/mol. The first kappa shape index (κ1) is 15.4. The van der Waals surface area contributed by atoms with Crippen LogP contribution in [0.4, 0.5) is 8.78 Å². The van der Waals surface area contributed by atoms with E-state index in [1.165, 1.54) is 12.1 Å². The molecule has 2 rings (SSSR count). The van der Waals surface area contributed by atoms with Crippen LogP contribution in [0.25, 0.3) is 11.1 Å². The van der Waals surface area contributed by atoms with Gasteiger partial charge in [0.25, 0.3) is 0 Å². The third kappa shape index (κ3) is 3.19. The standard InChI is InChI=1S/C15H13BrClF2N/c1-2-20-8-9-3-4-10(17)7-11(9)14-13(18)6-5-12(16)15(14)19/h3-7,20H,2,8H2,1H3. The van der Waals surface area contributed by atoms with Crippen LogP contribution in [0.5, 0.6) is 0 Å². The van der Waals surface area contributed by atoms with E-state index in [1.54, 1.807) is 18.2 Å². The van der Waals surface area contributed by atoms with Crippen molar-refractivity contribution >= 4 is 27.5 Å². The predicted molar refractivity (Wildman–Crippen MR) is 81.9 cm³/mol. The Morgan fingerprint density at radius 3 is 2.65 bits per heavy atom. The Labute approximate surface area is 130 Å². The molecule has 5 heteroatoms. The average Bonchev–Trinajstić information content (AvgIpc) is 2.42. The number of rotatable bonds is 4. The summed E-state index contributed by atoms with van der Waals surface area (Å²) in [5.41, 5.74) is 1.21. The van der Waals surface area contributed by atoms with Gasteiger partial charge in [-0.3, -0.25) is 0 Å². The Morgan fingerprint density at radius 1 is 1.20 bits per heavy atom. The van der Waals surface area contributed by atoms with Crippen molar-refractivity contribution in [3.63, 3.8) is 0 Å². The molecule has 20 heavy (non-hydrogen) atoms. The number of halogens is 4. The third-order valence-corrected chi connectivity index (χ3v) is 3.80.